The maximum Gasteiger partial charge on any atom is 0.326 e. The minimum Gasteiger partial charge on any atom is -0.480 e. The maximum atomic E-state index is 13.7. The normalized spacial score (nSPS) is 15.2. The van der Waals surface area contributed by atoms with Crippen LogP contribution >= 0.6 is 0 Å². The number of carboxylic acid groups (broad SMARTS) is 1. The van der Waals surface area contributed by atoms with Gasteiger partial charge in [-0.3, -0.25) is 52.9 Å². The number of hydrogen-bond acceptors (Lipinski definition) is 15. The standard InChI is InChI=1S/C43H79N15O13/c1-8-22(5)34(56-30(62)20-52-40(68)33(21(3)4)58-39(67)32(46)24(7)59)41(69)55-27(17-28(45)60)37(65)51-18-29(61)53-26(14-12-16-49-43(47)48)38(66)54-25(13-10-11-15-44)36(64)50-19-31(63)57-35(42(70)71)23(6)9-2/h21-27,32-35,59H,8-20,44,46H2,1-7H3,(H2,45,60)(H,50,64)(H,51,65)(H,52,68)(H,53,61)(H,54,66)(H,55,69)(H,56,62)(H,57,63)(H,58,67)(H,70,71)(H4,47,48,49)/t22-,23-,24+,25-,26-,27-,32-,33-,34-,35-/m0/s1. The number of primary amides is 1. The van der Waals surface area contributed by atoms with Crippen LogP contribution in [0.4, 0.5) is 0 Å². The highest BCUT2D eigenvalue weighted by molar-refractivity contribution is 5.98. The Morgan fingerprint density at radius 3 is 1.48 bits per heavy atom. The van der Waals surface area contributed by atoms with Gasteiger partial charge in [-0.25, -0.2) is 4.79 Å². The zero-order valence-electron chi connectivity index (χ0n) is 41.8. The molecule has 71 heavy (non-hydrogen) atoms. The molecule has 10 amide bonds. The van der Waals surface area contributed by atoms with Gasteiger partial charge in [-0.15, -0.1) is 0 Å². The van der Waals surface area contributed by atoms with Gasteiger partial charge in [-0.05, 0) is 63.3 Å². The average Bonchev–Trinajstić information content (AvgIpc) is 3.30. The SMILES string of the molecule is CC[C@H](C)[C@H](NC(=O)CNC(=O)[C@H](CCCCN)NC(=O)[C@H](CCCN=C(N)N)NC(=O)CNC(=O)[C@H](CC(N)=O)NC(=O)[C@@H](NC(=O)CNC(=O)[C@@H](NC(=O)[C@@H](N)[C@@H](C)O)C(C)C)[C@@H](C)CC)C(=O)O. The Labute approximate surface area is 413 Å². The molecule has 0 aliphatic heterocycles. The van der Waals surface area contributed by atoms with E-state index in [1.54, 1.807) is 41.5 Å². The zero-order valence-corrected chi connectivity index (χ0v) is 41.8. The summed E-state index contributed by atoms with van der Waals surface area (Å²) >= 11 is 0. The van der Waals surface area contributed by atoms with Gasteiger partial charge in [-0.1, -0.05) is 54.4 Å². The van der Waals surface area contributed by atoms with E-state index >= 15 is 0 Å². The van der Waals surface area contributed by atoms with Crippen molar-refractivity contribution in [2.45, 2.75) is 148 Å². The smallest absolute Gasteiger partial charge is 0.326 e. The van der Waals surface area contributed by atoms with Gasteiger partial charge in [0.15, 0.2) is 5.96 Å². The Morgan fingerprint density at radius 1 is 0.535 bits per heavy atom. The summed E-state index contributed by atoms with van der Waals surface area (Å²) in [6.45, 7) is 9.48. The average molecular weight is 1010 g/mol. The van der Waals surface area contributed by atoms with Crippen LogP contribution in [0.1, 0.15) is 99.8 Å². The molecular weight excluding hydrogens is 935 g/mol. The maximum absolute atomic E-state index is 13.7. The number of carbonyl (C=O) groups excluding carboxylic acids is 10. The van der Waals surface area contributed by atoms with E-state index < -0.39 is 157 Å². The molecule has 0 bridgehead atoms. The number of nitrogens with one attached hydrogen (secondary N) is 9. The number of nitrogens with zero attached hydrogens (tertiary/aromatic N) is 1. The number of aliphatic carboxylic acids is 1. The largest absolute Gasteiger partial charge is 0.480 e. The van der Waals surface area contributed by atoms with Gasteiger partial charge in [0.25, 0.3) is 0 Å². The van der Waals surface area contributed by atoms with Crippen molar-refractivity contribution in [1.82, 2.24) is 47.9 Å². The second-order valence-corrected chi connectivity index (χ2v) is 17.5. The number of carboxylic acids is 1. The van der Waals surface area contributed by atoms with Gasteiger partial charge >= 0.3 is 5.97 Å². The Morgan fingerprint density at radius 2 is 1.00 bits per heavy atom. The van der Waals surface area contributed by atoms with Crippen LogP contribution in [0.25, 0.3) is 0 Å². The molecule has 10 atom stereocenters. The van der Waals surface area contributed by atoms with E-state index in [1.165, 1.54) is 6.92 Å². The molecule has 0 rings (SSSR count). The first-order valence-electron chi connectivity index (χ1n) is 23.5. The molecule has 0 spiro atoms. The molecule has 0 saturated heterocycles. The number of unbranched alkanes of at least 4 members (excludes halogenated alkanes) is 1. The van der Waals surface area contributed by atoms with Gasteiger partial charge in [-0.2, -0.15) is 0 Å². The number of hydrogen-bond donors (Lipinski definition) is 16. The summed E-state index contributed by atoms with van der Waals surface area (Å²) in [6, 6.07) is -9.27. The van der Waals surface area contributed by atoms with Crippen molar-refractivity contribution in [1.29, 1.82) is 0 Å². The fourth-order valence-corrected chi connectivity index (χ4v) is 6.42. The molecule has 0 aromatic rings. The topological polar surface area (TPSA) is 479 Å². The zero-order chi connectivity index (χ0) is 54.5. The van der Waals surface area contributed by atoms with Gasteiger partial charge in [0, 0.05) is 6.54 Å². The monoisotopic (exact) mass is 1010 g/mol. The molecule has 0 unspecified atom stereocenters. The Bertz CT molecular complexity index is 1850. The van der Waals surface area contributed by atoms with Crippen LogP contribution in [0.2, 0.25) is 0 Å². The number of amides is 10. The van der Waals surface area contributed by atoms with Gasteiger partial charge < -0.3 is 86.7 Å². The first-order valence-corrected chi connectivity index (χ1v) is 23.5. The van der Waals surface area contributed by atoms with E-state index in [0.717, 1.165) is 0 Å². The lowest BCUT2D eigenvalue weighted by atomic mass is 9.97. The van der Waals surface area contributed by atoms with E-state index in [2.05, 4.69) is 52.8 Å². The van der Waals surface area contributed by atoms with E-state index in [1.807, 2.05) is 0 Å². The number of guanidine groups is 1. The van der Waals surface area contributed by atoms with Crippen molar-refractivity contribution in [2.24, 2.45) is 51.4 Å². The van der Waals surface area contributed by atoms with Crippen molar-refractivity contribution in [3.05, 3.63) is 0 Å². The highest BCUT2D eigenvalue weighted by Crippen LogP contribution is 2.11. The number of aliphatic hydroxyl groups is 1. The van der Waals surface area contributed by atoms with Crippen molar-refractivity contribution in [2.75, 3.05) is 32.7 Å². The number of rotatable bonds is 35. The molecule has 0 heterocycles. The van der Waals surface area contributed by atoms with E-state index in [9.17, 15) is 63.0 Å². The lowest BCUT2D eigenvalue weighted by Gasteiger charge is -2.27. The number of aliphatic imine (C=N–C) groups is 1. The Balaban J connectivity index is 6.08. The molecule has 0 saturated carbocycles. The molecule has 0 fully saturated rings. The second kappa shape index (κ2) is 33.8. The van der Waals surface area contributed by atoms with Crippen LogP contribution < -0.4 is 76.5 Å². The summed E-state index contributed by atoms with van der Waals surface area (Å²) in [5, 5.41) is 40.9. The molecule has 0 radical (unpaired) electrons. The van der Waals surface area contributed by atoms with Crippen LogP contribution in [0.15, 0.2) is 4.99 Å². The predicted molar refractivity (Wildman–Crippen MR) is 258 cm³/mol. The minimum atomic E-state index is -1.67. The van der Waals surface area contributed by atoms with Gasteiger partial charge in [0.2, 0.25) is 59.1 Å². The highest BCUT2D eigenvalue weighted by Gasteiger charge is 2.34. The third-order valence-corrected chi connectivity index (χ3v) is 11.2. The molecule has 28 heteroatoms. The fourth-order valence-electron chi connectivity index (χ4n) is 6.42. The van der Waals surface area contributed by atoms with Crippen LogP contribution in [-0.4, -0.2) is 162 Å². The highest BCUT2D eigenvalue weighted by atomic mass is 16.4. The molecule has 21 N–H and O–H groups in total. The first-order chi connectivity index (χ1) is 33.2. The van der Waals surface area contributed by atoms with E-state index in [0.29, 0.717) is 25.7 Å². The summed E-state index contributed by atoms with van der Waals surface area (Å²) in [4.78, 5) is 146. The molecule has 0 aromatic heterocycles. The third-order valence-electron chi connectivity index (χ3n) is 11.2. The van der Waals surface area contributed by atoms with Gasteiger partial charge in [0.05, 0.1) is 32.2 Å². The Hall–Kier alpha value is -6.68. The van der Waals surface area contributed by atoms with Crippen molar-refractivity contribution >= 4 is 71.0 Å². The first kappa shape index (κ1) is 64.3. The van der Waals surface area contributed by atoms with Crippen LogP contribution in [0, 0.1) is 17.8 Å². The van der Waals surface area contributed by atoms with Crippen LogP contribution in [0.5, 0.6) is 0 Å². The molecular formula is C43H79N15O13. The summed E-state index contributed by atoms with van der Waals surface area (Å²) in [5.41, 5.74) is 27.5. The molecule has 404 valence electrons. The summed E-state index contributed by atoms with van der Waals surface area (Å²) in [5.74, 6) is -11.7. The number of carbonyl (C=O) groups is 11. The Kier molecular flexibility index (Phi) is 30.6. The van der Waals surface area contributed by atoms with Crippen molar-refractivity contribution in [3.8, 4) is 0 Å². The summed E-state index contributed by atoms with van der Waals surface area (Å²) < 4.78 is 0. The molecule has 0 aromatic carbocycles. The predicted octanol–water partition coefficient (Wildman–Crippen LogP) is -6.16. The van der Waals surface area contributed by atoms with Crippen molar-refractivity contribution < 1.29 is 63.0 Å². The van der Waals surface area contributed by atoms with Crippen LogP contribution in [-0.2, 0) is 52.7 Å². The number of aliphatic hydroxyl groups excluding tert-OH is 1. The molecule has 0 aliphatic rings. The minimum absolute atomic E-state index is 0.0306. The van der Waals surface area contributed by atoms with Crippen LogP contribution in [0.3, 0.4) is 0 Å². The lowest BCUT2D eigenvalue weighted by Crippen LogP contribution is -2.59. The van der Waals surface area contributed by atoms with E-state index in [-0.39, 0.29) is 38.3 Å². The third kappa shape index (κ3) is 25.7. The van der Waals surface area contributed by atoms with Gasteiger partial charge in [0.1, 0.15) is 42.3 Å². The fraction of sp³-hybridized carbons (Fsp3) is 0.721. The summed E-state index contributed by atoms with van der Waals surface area (Å²) in [6.07, 6.45) is -0.256. The molecule has 28 nitrogen and oxygen atoms in total. The van der Waals surface area contributed by atoms with E-state index in [4.69, 9.17) is 28.7 Å². The van der Waals surface area contributed by atoms with Crippen molar-refractivity contribution in [3.63, 3.8) is 0 Å². The molecule has 0 aliphatic carbocycles. The summed E-state index contributed by atoms with van der Waals surface area (Å²) in [7, 11) is 0. The number of nitrogens with two attached hydrogens (primary N) is 5. The lowest BCUT2D eigenvalue weighted by molar-refractivity contribution is -0.143. The second-order valence-electron chi connectivity index (χ2n) is 17.5. The quantitative estimate of drug-likeness (QED) is 0.0160.